The molecule has 45 heavy (non-hydrogen) atoms. The number of nitrogens with zero attached hydrogens (tertiary/aromatic N) is 5. The number of pyridine rings is 2. The van der Waals surface area contributed by atoms with E-state index in [1.807, 2.05) is 18.3 Å². The summed E-state index contributed by atoms with van der Waals surface area (Å²) in [6, 6.07) is 8.19. The molecule has 7 heterocycles. The van der Waals surface area contributed by atoms with Crippen LogP contribution in [-0.2, 0) is 4.74 Å². The summed E-state index contributed by atoms with van der Waals surface area (Å²) in [6.45, 7) is 8.37. The van der Waals surface area contributed by atoms with Crippen LogP contribution in [0.1, 0.15) is 56.4 Å². The number of ether oxygens (including phenoxy) is 2. The minimum absolute atomic E-state index is 0.125. The van der Waals surface area contributed by atoms with Crippen molar-refractivity contribution in [2.24, 2.45) is 0 Å². The first kappa shape index (κ1) is 28.3. The Hall–Kier alpha value is -2.98. The molecular weight excluding hydrogens is 593 g/mol. The van der Waals surface area contributed by atoms with Crippen molar-refractivity contribution in [3.05, 3.63) is 53.7 Å². The molecule has 8 nitrogen and oxygen atoms in total. The van der Waals surface area contributed by atoms with Gasteiger partial charge in [0.25, 0.3) is 0 Å². The van der Waals surface area contributed by atoms with E-state index in [4.69, 9.17) is 31.0 Å². The maximum Gasteiger partial charge on any atom is 0.215 e. The van der Waals surface area contributed by atoms with Crippen LogP contribution in [-0.4, -0.2) is 93.8 Å². The lowest BCUT2D eigenvalue weighted by molar-refractivity contribution is 0.0545. The zero-order valence-corrected chi connectivity index (χ0v) is 26.2. The highest BCUT2D eigenvalue weighted by atomic mass is 35.5. The van der Waals surface area contributed by atoms with Crippen LogP contribution in [0.25, 0.3) is 22.2 Å². The average molecular weight is 632 g/mol. The van der Waals surface area contributed by atoms with Gasteiger partial charge in [0, 0.05) is 66.4 Å². The van der Waals surface area contributed by atoms with Gasteiger partial charge in [0.15, 0.2) is 5.72 Å². The number of hydrogen-bond acceptors (Lipinski definition) is 8. The van der Waals surface area contributed by atoms with Crippen molar-refractivity contribution < 1.29 is 19.0 Å². The number of hydrogen-bond donors (Lipinski definition) is 1. The van der Waals surface area contributed by atoms with Crippen LogP contribution >= 0.6 is 11.6 Å². The summed E-state index contributed by atoms with van der Waals surface area (Å²) in [5.74, 6) is 1.06. The van der Waals surface area contributed by atoms with E-state index < -0.39 is 6.17 Å². The van der Waals surface area contributed by atoms with Gasteiger partial charge >= 0.3 is 0 Å². The van der Waals surface area contributed by atoms with Gasteiger partial charge in [0.1, 0.15) is 18.5 Å². The quantitative estimate of drug-likeness (QED) is 0.238. The van der Waals surface area contributed by atoms with Crippen molar-refractivity contribution in [2.75, 3.05) is 44.3 Å². The zero-order valence-electron chi connectivity index (χ0n) is 25.4. The molecular formula is C35H39ClFN5O3. The number of rotatable bonds is 8. The molecule has 5 aliphatic heterocycles. The second kappa shape index (κ2) is 10.3. The molecule has 9 rings (SSSR count). The Morgan fingerprint density at radius 1 is 1.13 bits per heavy atom. The van der Waals surface area contributed by atoms with Crippen LogP contribution in [0.5, 0.6) is 11.6 Å². The molecule has 1 saturated carbocycles. The number of phenols is 1. The number of phenolic OH excluding ortho intramolecular Hbond substituents is 1. The molecule has 6 aliphatic rings. The van der Waals surface area contributed by atoms with E-state index in [2.05, 4.69) is 27.3 Å². The highest BCUT2D eigenvalue weighted by Gasteiger charge is 2.57. The van der Waals surface area contributed by atoms with Crippen LogP contribution < -0.4 is 9.64 Å². The van der Waals surface area contributed by atoms with Crippen LogP contribution in [0.15, 0.2) is 43.1 Å². The van der Waals surface area contributed by atoms with Gasteiger partial charge in [-0.3, -0.25) is 14.8 Å². The number of aromatic hydroxyl groups is 1. The van der Waals surface area contributed by atoms with Crippen molar-refractivity contribution in [1.82, 2.24) is 19.8 Å². The number of benzene rings is 1. The largest absolute Gasteiger partial charge is 0.508 e. The molecule has 0 amide bonds. The molecule has 5 saturated heterocycles. The van der Waals surface area contributed by atoms with Crippen molar-refractivity contribution in [1.29, 1.82) is 0 Å². The van der Waals surface area contributed by atoms with E-state index in [9.17, 15) is 9.50 Å². The smallest absolute Gasteiger partial charge is 0.215 e. The normalized spacial score (nSPS) is 32.8. The third kappa shape index (κ3) is 4.64. The maximum absolute atomic E-state index is 14.5. The summed E-state index contributed by atoms with van der Waals surface area (Å²) in [4.78, 5) is 17.3. The van der Waals surface area contributed by atoms with Crippen LogP contribution in [0.2, 0.25) is 5.02 Å². The third-order valence-corrected chi connectivity index (χ3v) is 11.6. The van der Waals surface area contributed by atoms with E-state index in [1.165, 1.54) is 0 Å². The molecule has 2 aromatic heterocycles. The second-order valence-electron chi connectivity index (χ2n) is 14.1. The first-order valence-electron chi connectivity index (χ1n) is 16.5. The molecule has 2 bridgehead atoms. The van der Waals surface area contributed by atoms with E-state index in [0.717, 1.165) is 91.6 Å². The Morgan fingerprint density at radius 2 is 1.93 bits per heavy atom. The maximum atomic E-state index is 14.5. The molecule has 1 aromatic carbocycles. The lowest BCUT2D eigenvalue weighted by atomic mass is 9.95. The fourth-order valence-electron chi connectivity index (χ4n) is 8.99. The molecule has 1 aliphatic carbocycles. The minimum atomic E-state index is -0.807. The van der Waals surface area contributed by atoms with E-state index in [1.54, 1.807) is 12.1 Å². The number of halogens is 2. The number of aromatic nitrogens is 2. The van der Waals surface area contributed by atoms with Crippen LogP contribution in [0.4, 0.5) is 10.1 Å². The predicted octanol–water partition coefficient (Wildman–Crippen LogP) is 6.05. The Morgan fingerprint density at radius 3 is 2.67 bits per heavy atom. The average Bonchev–Trinajstić information content (AvgIpc) is 3.93. The number of piperazine rings is 1. The van der Waals surface area contributed by atoms with Crippen molar-refractivity contribution in [2.45, 2.75) is 80.4 Å². The molecule has 5 atom stereocenters. The summed E-state index contributed by atoms with van der Waals surface area (Å²) in [5, 5.41) is 12.0. The summed E-state index contributed by atoms with van der Waals surface area (Å²) >= 11 is 6.66. The Kier molecular flexibility index (Phi) is 6.44. The topological polar surface area (TPSA) is 77.5 Å². The standard InChI is InChI=1S/C35H39ClFN5O3/c1-2-35(20-45-35)42-23-6-7-24(42)18-40(17-23)31-13-32(44-19-34-8-3-9-41(34)16-22(37)14-34)39-30-12-29(38-15-27(30)31)26-10-25(43)11-28(36)33(26)21-4-5-21/h2,10-13,15,21-24,43H,1,3-9,14,16-20H2/t22-,23?,24?,34+,35?/m1/s1. The molecule has 1 N–H and O–H groups in total. The van der Waals surface area contributed by atoms with Gasteiger partial charge in [0.2, 0.25) is 5.88 Å². The summed E-state index contributed by atoms with van der Waals surface area (Å²) in [7, 11) is 0. The highest BCUT2D eigenvalue weighted by Crippen LogP contribution is 2.50. The van der Waals surface area contributed by atoms with Gasteiger partial charge < -0.3 is 19.5 Å². The fraction of sp³-hybridized carbons (Fsp3) is 0.543. The second-order valence-corrected chi connectivity index (χ2v) is 14.5. The molecule has 0 spiro atoms. The number of fused-ring (bicyclic) bond motifs is 4. The van der Waals surface area contributed by atoms with E-state index >= 15 is 0 Å². The Labute approximate surface area is 267 Å². The first-order valence-corrected chi connectivity index (χ1v) is 16.9. The fourth-order valence-corrected chi connectivity index (χ4v) is 9.35. The Balaban J connectivity index is 1.11. The molecule has 0 radical (unpaired) electrons. The molecule has 236 valence electrons. The van der Waals surface area contributed by atoms with Gasteiger partial charge in [0.05, 0.1) is 29.0 Å². The van der Waals surface area contributed by atoms with Crippen molar-refractivity contribution in [3.63, 3.8) is 0 Å². The van der Waals surface area contributed by atoms with Crippen molar-refractivity contribution >= 4 is 28.2 Å². The lowest BCUT2D eigenvalue weighted by Gasteiger charge is -2.44. The molecule has 3 aromatic rings. The lowest BCUT2D eigenvalue weighted by Crippen LogP contribution is -2.58. The molecule has 10 heteroatoms. The van der Waals surface area contributed by atoms with Gasteiger partial charge in [-0.1, -0.05) is 18.2 Å². The van der Waals surface area contributed by atoms with Crippen LogP contribution in [0.3, 0.4) is 0 Å². The number of alkyl halides is 1. The number of epoxide rings is 1. The monoisotopic (exact) mass is 631 g/mol. The summed E-state index contributed by atoms with van der Waals surface area (Å²) < 4.78 is 27.0. The first-order chi connectivity index (χ1) is 21.8. The number of anilines is 1. The Bertz CT molecular complexity index is 1680. The summed E-state index contributed by atoms with van der Waals surface area (Å²) in [6.07, 6.45) is 10.0. The third-order valence-electron chi connectivity index (χ3n) is 11.3. The van der Waals surface area contributed by atoms with Crippen LogP contribution in [0, 0.1) is 0 Å². The van der Waals surface area contributed by atoms with Gasteiger partial charge in [-0.05, 0) is 80.8 Å². The predicted molar refractivity (Wildman–Crippen MR) is 172 cm³/mol. The van der Waals surface area contributed by atoms with E-state index in [-0.39, 0.29) is 17.0 Å². The van der Waals surface area contributed by atoms with E-state index in [0.29, 0.717) is 55.1 Å². The van der Waals surface area contributed by atoms with Gasteiger partial charge in [-0.15, -0.1) is 0 Å². The van der Waals surface area contributed by atoms with Crippen molar-refractivity contribution in [3.8, 4) is 22.9 Å². The zero-order chi connectivity index (χ0) is 30.5. The van der Waals surface area contributed by atoms with Gasteiger partial charge in [-0.2, -0.15) is 0 Å². The summed E-state index contributed by atoms with van der Waals surface area (Å²) in [5.41, 5.74) is 3.90. The highest BCUT2D eigenvalue weighted by molar-refractivity contribution is 6.32. The van der Waals surface area contributed by atoms with Gasteiger partial charge in [-0.25, -0.2) is 9.37 Å². The molecule has 6 fully saturated rings. The molecule has 3 unspecified atom stereocenters. The SMILES string of the molecule is C=CC1(N2C3CCC2CN(c2cc(OC[C@@]45CCCN4C[C@H](F)C5)nc4cc(-c5cc(O)cc(Cl)c5C5CC5)ncc24)C3)CO1. The minimum Gasteiger partial charge on any atom is -0.508 e.